The summed E-state index contributed by atoms with van der Waals surface area (Å²) < 4.78 is 14.5. The van der Waals surface area contributed by atoms with Crippen LogP contribution in [0, 0.1) is 0 Å². The van der Waals surface area contributed by atoms with Gasteiger partial charge in [0.1, 0.15) is 12.0 Å². The summed E-state index contributed by atoms with van der Waals surface area (Å²) in [7, 11) is 1.59. The van der Waals surface area contributed by atoms with Gasteiger partial charge in [0.15, 0.2) is 17.1 Å². The van der Waals surface area contributed by atoms with Gasteiger partial charge < -0.3 is 20.1 Å². The van der Waals surface area contributed by atoms with Crippen molar-refractivity contribution in [3.05, 3.63) is 76.4 Å². The summed E-state index contributed by atoms with van der Waals surface area (Å²) in [6.07, 6.45) is 4.85. The number of ether oxygens (including phenoxy) is 2. The van der Waals surface area contributed by atoms with Gasteiger partial charge in [-0.25, -0.2) is 14.5 Å². The van der Waals surface area contributed by atoms with Crippen LogP contribution in [0.15, 0.2) is 65.8 Å². The fourth-order valence-corrected chi connectivity index (χ4v) is 4.18. The third kappa shape index (κ3) is 4.93. The number of fused-ring (bicyclic) bond motifs is 3. The Kier molecular flexibility index (Phi) is 6.93. The molecule has 190 valence electrons. The molecular weight excluding hydrogens is 494 g/mol. The quantitative estimate of drug-likeness (QED) is 0.279. The van der Waals surface area contributed by atoms with E-state index in [4.69, 9.17) is 21.1 Å². The van der Waals surface area contributed by atoms with Crippen LogP contribution in [0.25, 0.3) is 22.5 Å². The molecule has 11 heteroatoms. The van der Waals surface area contributed by atoms with Gasteiger partial charge in [-0.3, -0.25) is 9.20 Å². The Bertz CT molecular complexity index is 1630. The number of para-hydroxylation sites is 1. The van der Waals surface area contributed by atoms with Crippen LogP contribution in [0.3, 0.4) is 0 Å². The highest BCUT2D eigenvalue weighted by atomic mass is 35.5. The molecule has 0 fully saturated rings. The highest BCUT2D eigenvalue weighted by molar-refractivity contribution is 6.32. The zero-order valence-corrected chi connectivity index (χ0v) is 21.4. The predicted molar refractivity (Wildman–Crippen MR) is 144 cm³/mol. The Hall–Kier alpha value is -4.15. The minimum absolute atomic E-state index is 0.314. The standard InChI is InChI=1S/C26H26ClN7O3/c1-16(2)28-11-13-37-21-9-8-17(14-22(21)36-3)31-25-30-15-18-23(32-25)33-12-10-29-26(33)34(24(18)35)20-7-5-4-6-19(20)27/h4-10,12,14-16,28H,11,13H2,1-3H3,(H,30,31,32). The van der Waals surface area contributed by atoms with E-state index in [0.29, 0.717) is 63.3 Å². The molecular formula is C26H26ClN7O3. The molecule has 0 amide bonds. The number of nitrogens with zero attached hydrogens (tertiary/aromatic N) is 5. The van der Waals surface area contributed by atoms with Crippen molar-refractivity contribution < 1.29 is 9.47 Å². The first-order valence-electron chi connectivity index (χ1n) is 11.8. The molecule has 37 heavy (non-hydrogen) atoms. The summed E-state index contributed by atoms with van der Waals surface area (Å²) >= 11 is 6.39. The van der Waals surface area contributed by atoms with Gasteiger partial charge in [-0.15, -0.1) is 0 Å². The van der Waals surface area contributed by atoms with Crippen molar-refractivity contribution in [2.75, 3.05) is 25.6 Å². The average Bonchev–Trinajstić information content (AvgIpc) is 3.38. The van der Waals surface area contributed by atoms with Crippen LogP contribution in [0.4, 0.5) is 11.6 Å². The number of halogens is 1. The van der Waals surface area contributed by atoms with Crippen molar-refractivity contribution in [1.82, 2.24) is 29.2 Å². The molecule has 0 aliphatic rings. The number of anilines is 2. The molecule has 10 nitrogen and oxygen atoms in total. The highest BCUT2D eigenvalue weighted by Crippen LogP contribution is 2.31. The molecule has 0 saturated heterocycles. The summed E-state index contributed by atoms with van der Waals surface area (Å²) in [5.41, 5.74) is 1.34. The zero-order chi connectivity index (χ0) is 25.9. The number of aromatic nitrogens is 5. The molecule has 5 rings (SSSR count). The maximum atomic E-state index is 13.4. The molecule has 0 atom stereocenters. The van der Waals surface area contributed by atoms with Gasteiger partial charge in [0, 0.05) is 42.9 Å². The maximum Gasteiger partial charge on any atom is 0.270 e. The second-order valence-corrected chi connectivity index (χ2v) is 8.98. The second-order valence-electron chi connectivity index (χ2n) is 8.57. The third-order valence-corrected chi connectivity index (χ3v) is 6.00. The molecule has 2 N–H and O–H groups in total. The first kappa shape index (κ1) is 24.5. The lowest BCUT2D eigenvalue weighted by Crippen LogP contribution is -2.27. The summed E-state index contributed by atoms with van der Waals surface area (Å²) in [5, 5.41) is 7.25. The van der Waals surface area contributed by atoms with E-state index in [9.17, 15) is 4.79 Å². The molecule has 5 aromatic rings. The van der Waals surface area contributed by atoms with E-state index >= 15 is 0 Å². The summed E-state index contributed by atoms with van der Waals surface area (Å²) in [6, 6.07) is 13.0. The van der Waals surface area contributed by atoms with Crippen molar-refractivity contribution in [2.24, 2.45) is 0 Å². The van der Waals surface area contributed by atoms with E-state index in [0.717, 1.165) is 6.54 Å². The topological polar surface area (TPSA) is 108 Å². The Balaban J connectivity index is 1.47. The number of nitrogens with one attached hydrogen (secondary N) is 2. The lowest BCUT2D eigenvalue weighted by molar-refractivity contribution is 0.289. The molecule has 0 saturated carbocycles. The van der Waals surface area contributed by atoms with E-state index in [2.05, 4.69) is 39.4 Å². The Morgan fingerprint density at radius 1 is 1.11 bits per heavy atom. The normalized spacial score (nSPS) is 11.4. The number of hydrogen-bond donors (Lipinski definition) is 2. The molecule has 0 bridgehead atoms. The van der Waals surface area contributed by atoms with E-state index in [-0.39, 0.29) is 5.56 Å². The minimum Gasteiger partial charge on any atom is -0.493 e. The van der Waals surface area contributed by atoms with E-state index in [1.165, 1.54) is 10.8 Å². The van der Waals surface area contributed by atoms with Crippen LogP contribution in [0.2, 0.25) is 5.02 Å². The van der Waals surface area contributed by atoms with Crippen molar-refractivity contribution in [3.8, 4) is 17.2 Å². The first-order chi connectivity index (χ1) is 18.0. The largest absolute Gasteiger partial charge is 0.493 e. The van der Waals surface area contributed by atoms with Crippen LogP contribution in [-0.4, -0.2) is 50.2 Å². The van der Waals surface area contributed by atoms with Crippen molar-refractivity contribution >= 4 is 40.0 Å². The van der Waals surface area contributed by atoms with Crippen LogP contribution in [0.5, 0.6) is 11.5 Å². The number of methoxy groups -OCH3 is 1. The van der Waals surface area contributed by atoms with E-state index < -0.39 is 0 Å². The fourth-order valence-electron chi connectivity index (χ4n) is 3.96. The Labute approximate surface area is 217 Å². The monoisotopic (exact) mass is 519 g/mol. The van der Waals surface area contributed by atoms with E-state index in [1.807, 2.05) is 18.2 Å². The molecule has 3 aromatic heterocycles. The molecule has 0 radical (unpaired) electrons. The Morgan fingerprint density at radius 2 is 1.95 bits per heavy atom. The summed E-state index contributed by atoms with van der Waals surface area (Å²) in [6.45, 7) is 5.42. The molecule has 0 spiro atoms. The lowest BCUT2D eigenvalue weighted by Gasteiger charge is -2.14. The van der Waals surface area contributed by atoms with Crippen molar-refractivity contribution in [3.63, 3.8) is 0 Å². The van der Waals surface area contributed by atoms with Crippen LogP contribution in [-0.2, 0) is 0 Å². The third-order valence-electron chi connectivity index (χ3n) is 5.68. The summed E-state index contributed by atoms with van der Waals surface area (Å²) in [4.78, 5) is 26.8. The first-order valence-corrected chi connectivity index (χ1v) is 12.1. The number of benzene rings is 2. The van der Waals surface area contributed by atoms with Crippen LogP contribution < -0.4 is 25.7 Å². The van der Waals surface area contributed by atoms with Crippen LogP contribution in [0.1, 0.15) is 13.8 Å². The number of hydrogen-bond acceptors (Lipinski definition) is 8. The van der Waals surface area contributed by atoms with Gasteiger partial charge in [-0.1, -0.05) is 37.6 Å². The minimum atomic E-state index is -0.316. The predicted octanol–water partition coefficient (Wildman–Crippen LogP) is 4.21. The fraction of sp³-hybridized carbons (Fsp3) is 0.231. The van der Waals surface area contributed by atoms with Crippen LogP contribution >= 0.6 is 11.6 Å². The molecule has 3 heterocycles. The lowest BCUT2D eigenvalue weighted by atomic mass is 10.2. The second kappa shape index (κ2) is 10.5. The van der Waals surface area contributed by atoms with Crippen molar-refractivity contribution in [2.45, 2.75) is 19.9 Å². The molecule has 2 aromatic carbocycles. The molecule has 0 unspecified atom stereocenters. The SMILES string of the molecule is COc1cc(Nc2ncc3c(=O)n(-c4ccccc4Cl)c4nccn4c3n2)ccc1OCCNC(C)C. The van der Waals surface area contributed by atoms with Gasteiger partial charge >= 0.3 is 0 Å². The molecule has 0 aliphatic heterocycles. The summed E-state index contributed by atoms with van der Waals surface area (Å²) in [5.74, 6) is 1.92. The number of imidazole rings is 1. The molecule has 0 aliphatic carbocycles. The Morgan fingerprint density at radius 3 is 2.73 bits per heavy atom. The average molecular weight is 520 g/mol. The number of rotatable bonds is 9. The van der Waals surface area contributed by atoms with Gasteiger partial charge in [-0.2, -0.15) is 4.98 Å². The van der Waals surface area contributed by atoms with Crippen molar-refractivity contribution in [1.29, 1.82) is 0 Å². The zero-order valence-electron chi connectivity index (χ0n) is 20.6. The van der Waals surface area contributed by atoms with E-state index in [1.54, 1.807) is 48.2 Å². The van der Waals surface area contributed by atoms with Gasteiger partial charge in [0.05, 0.1) is 17.8 Å². The maximum absolute atomic E-state index is 13.4. The smallest absolute Gasteiger partial charge is 0.270 e. The van der Waals surface area contributed by atoms with Gasteiger partial charge in [-0.05, 0) is 24.3 Å². The highest BCUT2D eigenvalue weighted by Gasteiger charge is 2.17. The van der Waals surface area contributed by atoms with Gasteiger partial charge in [0.25, 0.3) is 5.56 Å². The van der Waals surface area contributed by atoms with Gasteiger partial charge in [0.2, 0.25) is 11.7 Å².